The maximum Gasteiger partial charge on any atom is 0.319 e. The summed E-state index contributed by atoms with van der Waals surface area (Å²) in [6, 6.07) is 8.04. The summed E-state index contributed by atoms with van der Waals surface area (Å²) in [5.41, 5.74) is 7.53. The molecule has 0 unspecified atom stereocenters. The minimum atomic E-state index is -0.113. The number of amides is 2. The van der Waals surface area contributed by atoms with Gasteiger partial charge in [-0.15, -0.1) is 0 Å². The number of rotatable bonds is 6. The van der Waals surface area contributed by atoms with Gasteiger partial charge in [0.1, 0.15) is 5.84 Å². The molecule has 1 aromatic carbocycles. The maximum atomic E-state index is 13.0. The van der Waals surface area contributed by atoms with E-state index in [9.17, 15) is 9.59 Å². The first-order valence-electron chi connectivity index (χ1n) is 11.5. The van der Waals surface area contributed by atoms with E-state index in [1.54, 1.807) is 0 Å². The van der Waals surface area contributed by atoms with Crippen molar-refractivity contribution < 1.29 is 14.3 Å². The summed E-state index contributed by atoms with van der Waals surface area (Å²) >= 11 is 0. The molecule has 0 spiro atoms. The summed E-state index contributed by atoms with van der Waals surface area (Å²) in [4.78, 5) is 28.9. The number of piperidine rings is 2. The van der Waals surface area contributed by atoms with E-state index in [1.165, 1.54) is 5.56 Å². The number of likely N-dealkylation sites (tertiary alicyclic amines) is 2. The first-order valence-corrected chi connectivity index (χ1v) is 11.5. The molecule has 7 heteroatoms. The number of nitrogens with one attached hydrogen (secondary N) is 1. The smallest absolute Gasteiger partial charge is 0.319 e. The fourth-order valence-electron chi connectivity index (χ4n) is 4.46. The Kier molecular flexibility index (Phi) is 7.93. The molecule has 31 heavy (non-hydrogen) atoms. The van der Waals surface area contributed by atoms with Gasteiger partial charge < -0.3 is 20.3 Å². The van der Waals surface area contributed by atoms with E-state index < -0.39 is 0 Å². The van der Waals surface area contributed by atoms with Gasteiger partial charge in [0.25, 0.3) is 0 Å². The summed E-state index contributed by atoms with van der Waals surface area (Å²) in [6.45, 7) is 6.88. The molecule has 1 atom stereocenters. The van der Waals surface area contributed by atoms with Gasteiger partial charge >= 0.3 is 12.0 Å². The topological polar surface area (TPSA) is 99.7 Å². The number of ether oxygens (including phenoxy) is 1. The number of carbonyl (C=O) groups is 2. The highest BCUT2D eigenvalue weighted by atomic mass is 16.5. The molecule has 2 aliphatic rings. The van der Waals surface area contributed by atoms with Gasteiger partial charge in [-0.2, -0.15) is 0 Å². The van der Waals surface area contributed by atoms with Crippen LogP contribution in [0.3, 0.4) is 0 Å². The molecule has 1 aromatic rings. The van der Waals surface area contributed by atoms with E-state index in [1.807, 2.05) is 35.8 Å². The SMILES string of the molecule is CC[C@@H](C)OC(=O)CC1CCN(C(=O)N2CCC(c3ccc(C(=N)N)cc3)CC2)CC1. The first-order chi connectivity index (χ1) is 14.9. The third-order valence-electron chi connectivity index (χ3n) is 6.71. The molecule has 3 rings (SSSR count). The number of nitrogens with zero attached hydrogens (tertiary/aromatic N) is 2. The highest BCUT2D eigenvalue weighted by Crippen LogP contribution is 2.29. The van der Waals surface area contributed by atoms with Gasteiger partial charge in [0.2, 0.25) is 0 Å². The van der Waals surface area contributed by atoms with E-state index in [4.69, 9.17) is 15.9 Å². The minimum absolute atomic E-state index is 0.0239. The van der Waals surface area contributed by atoms with Gasteiger partial charge in [0, 0.05) is 38.2 Å². The number of carbonyl (C=O) groups excluding carboxylic acids is 2. The number of hydrogen-bond donors (Lipinski definition) is 2. The normalized spacial score (nSPS) is 19.2. The van der Waals surface area contributed by atoms with Crippen LogP contribution in [-0.2, 0) is 9.53 Å². The van der Waals surface area contributed by atoms with Crippen LogP contribution in [0.2, 0.25) is 0 Å². The summed E-state index contributed by atoms with van der Waals surface area (Å²) < 4.78 is 5.39. The van der Waals surface area contributed by atoms with Gasteiger partial charge in [-0.25, -0.2) is 4.79 Å². The highest BCUT2D eigenvalue weighted by Gasteiger charge is 2.30. The molecule has 3 N–H and O–H groups in total. The number of nitrogens with two attached hydrogens (primary N) is 1. The fraction of sp³-hybridized carbons (Fsp3) is 0.625. The largest absolute Gasteiger partial charge is 0.463 e. The van der Waals surface area contributed by atoms with Crippen molar-refractivity contribution in [2.75, 3.05) is 26.2 Å². The number of hydrogen-bond acceptors (Lipinski definition) is 4. The van der Waals surface area contributed by atoms with Crippen LogP contribution in [-0.4, -0.2) is 59.9 Å². The molecule has 2 aliphatic heterocycles. The number of amidine groups is 1. The number of esters is 1. The molecule has 170 valence electrons. The summed E-state index contributed by atoms with van der Waals surface area (Å²) in [6.07, 6.45) is 4.88. The van der Waals surface area contributed by atoms with Crippen molar-refractivity contribution in [3.8, 4) is 0 Å². The van der Waals surface area contributed by atoms with Crippen LogP contribution in [0, 0.1) is 11.3 Å². The van der Waals surface area contributed by atoms with E-state index in [0.717, 1.165) is 50.8 Å². The Labute approximate surface area is 185 Å². The lowest BCUT2D eigenvalue weighted by Crippen LogP contribution is -2.49. The number of benzene rings is 1. The van der Waals surface area contributed by atoms with Gasteiger partial charge in [0.05, 0.1) is 6.10 Å². The predicted octanol–water partition coefficient (Wildman–Crippen LogP) is 3.71. The van der Waals surface area contributed by atoms with E-state index in [-0.39, 0.29) is 23.9 Å². The third kappa shape index (κ3) is 6.21. The van der Waals surface area contributed by atoms with Crippen LogP contribution in [0.1, 0.15) is 69.4 Å². The van der Waals surface area contributed by atoms with Gasteiger partial charge in [-0.3, -0.25) is 10.2 Å². The van der Waals surface area contributed by atoms with Crippen molar-refractivity contribution in [3.05, 3.63) is 35.4 Å². The molecule has 2 saturated heterocycles. The van der Waals surface area contributed by atoms with E-state index >= 15 is 0 Å². The monoisotopic (exact) mass is 428 g/mol. The highest BCUT2D eigenvalue weighted by molar-refractivity contribution is 5.94. The molecular formula is C24H36N4O3. The van der Waals surface area contributed by atoms with Crippen molar-refractivity contribution in [2.24, 2.45) is 11.7 Å². The van der Waals surface area contributed by atoms with Crippen molar-refractivity contribution in [1.82, 2.24) is 9.80 Å². The number of urea groups is 1. The van der Waals surface area contributed by atoms with Crippen LogP contribution >= 0.6 is 0 Å². The molecule has 2 amide bonds. The molecular weight excluding hydrogens is 392 g/mol. The molecule has 0 bridgehead atoms. The maximum absolute atomic E-state index is 13.0. The Bertz CT molecular complexity index is 764. The second-order valence-electron chi connectivity index (χ2n) is 8.92. The van der Waals surface area contributed by atoms with E-state index in [2.05, 4.69) is 12.1 Å². The second-order valence-corrected chi connectivity index (χ2v) is 8.92. The minimum Gasteiger partial charge on any atom is -0.463 e. The van der Waals surface area contributed by atoms with E-state index in [0.29, 0.717) is 31.3 Å². The standard InChI is InChI=1S/C24H36N4O3/c1-3-17(2)31-22(29)16-18-8-12-27(13-9-18)24(30)28-14-10-20(11-15-28)19-4-6-21(7-5-19)23(25)26/h4-7,17-18,20H,3,8-16H2,1-2H3,(H3,25,26)/t17-/m1/s1. The zero-order valence-corrected chi connectivity index (χ0v) is 18.8. The average Bonchev–Trinajstić information content (AvgIpc) is 2.79. The van der Waals surface area contributed by atoms with Crippen molar-refractivity contribution >= 4 is 17.8 Å². The lowest BCUT2D eigenvalue weighted by atomic mass is 9.89. The van der Waals surface area contributed by atoms with Gasteiger partial charge in [-0.1, -0.05) is 31.2 Å². The summed E-state index contributed by atoms with van der Waals surface area (Å²) in [5, 5.41) is 7.51. The van der Waals surface area contributed by atoms with Gasteiger partial charge in [0.15, 0.2) is 0 Å². The van der Waals surface area contributed by atoms with Crippen LogP contribution in [0.4, 0.5) is 4.79 Å². The Morgan fingerprint density at radius 3 is 2.13 bits per heavy atom. The molecule has 0 saturated carbocycles. The Morgan fingerprint density at radius 2 is 1.61 bits per heavy atom. The van der Waals surface area contributed by atoms with Crippen molar-refractivity contribution in [1.29, 1.82) is 5.41 Å². The summed E-state index contributed by atoms with van der Waals surface area (Å²) in [7, 11) is 0. The van der Waals surface area contributed by atoms with Crippen LogP contribution in [0.15, 0.2) is 24.3 Å². The quantitative estimate of drug-likeness (QED) is 0.410. The first kappa shape index (κ1) is 23.1. The zero-order valence-electron chi connectivity index (χ0n) is 18.8. The fourth-order valence-corrected chi connectivity index (χ4v) is 4.46. The predicted molar refractivity (Wildman–Crippen MR) is 121 cm³/mol. The Hall–Kier alpha value is -2.57. The molecule has 0 aliphatic carbocycles. The zero-order chi connectivity index (χ0) is 22.4. The second kappa shape index (κ2) is 10.6. The lowest BCUT2D eigenvalue weighted by molar-refractivity contribution is -0.149. The van der Waals surface area contributed by atoms with Crippen LogP contribution in [0.25, 0.3) is 0 Å². The molecule has 0 aromatic heterocycles. The van der Waals surface area contributed by atoms with Crippen molar-refractivity contribution in [2.45, 2.75) is 64.4 Å². The van der Waals surface area contributed by atoms with Crippen LogP contribution < -0.4 is 5.73 Å². The molecule has 0 radical (unpaired) electrons. The Morgan fingerprint density at radius 1 is 1.06 bits per heavy atom. The Balaban J connectivity index is 1.42. The average molecular weight is 429 g/mol. The number of nitrogen functional groups attached to an aromatic ring is 1. The van der Waals surface area contributed by atoms with Crippen molar-refractivity contribution in [3.63, 3.8) is 0 Å². The van der Waals surface area contributed by atoms with Crippen LogP contribution in [0.5, 0.6) is 0 Å². The molecule has 2 fully saturated rings. The van der Waals surface area contributed by atoms with Gasteiger partial charge in [-0.05, 0) is 56.4 Å². The summed E-state index contributed by atoms with van der Waals surface area (Å²) in [5.74, 6) is 0.720. The lowest BCUT2D eigenvalue weighted by Gasteiger charge is -2.38. The molecule has 2 heterocycles. The molecule has 7 nitrogen and oxygen atoms in total. The third-order valence-corrected chi connectivity index (χ3v) is 6.71.